The first-order chi connectivity index (χ1) is 18.9. The Morgan fingerprint density at radius 2 is 0.974 bits per heavy atom. The molecule has 0 saturated heterocycles. The molecule has 0 aliphatic heterocycles. The lowest BCUT2D eigenvalue weighted by Gasteiger charge is -2.09. The van der Waals surface area contributed by atoms with Gasteiger partial charge in [-0.25, -0.2) is 9.59 Å². The second kappa shape index (κ2) is 18.0. The van der Waals surface area contributed by atoms with Gasteiger partial charge in [0, 0.05) is 38.4 Å². The zero-order valence-corrected chi connectivity index (χ0v) is 21.3. The number of anilines is 2. The van der Waals surface area contributed by atoms with Crippen LogP contribution in [-0.4, -0.2) is 74.6 Å². The van der Waals surface area contributed by atoms with Gasteiger partial charge in [0.15, 0.2) is 0 Å². The van der Waals surface area contributed by atoms with Gasteiger partial charge in [-0.2, -0.15) is 0 Å². The Kier molecular flexibility index (Phi) is 14.3. The van der Waals surface area contributed by atoms with Gasteiger partial charge < -0.3 is 35.5 Å². The molecule has 0 spiro atoms. The maximum Gasteiger partial charge on any atom is 0.319 e. The quantitative estimate of drug-likeness (QED) is 0.123. The van der Waals surface area contributed by atoms with Crippen LogP contribution in [-0.2, 0) is 14.2 Å². The lowest BCUT2D eigenvalue weighted by atomic mass is 10.3. The van der Waals surface area contributed by atoms with Crippen molar-refractivity contribution in [3.8, 4) is 0 Å². The van der Waals surface area contributed by atoms with Gasteiger partial charge in [0.25, 0.3) is 11.4 Å². The molecule has 4 amide bonds. The molecule has 15 heteroatoms. The Morgan fingerprint density at radius 1 is 0.615 bits per heavy atom. The van der Waals surface area contributed by atoms with E-state index in [9.17, 15) is 29.8 Å². The van der Waals surface area contributed by atoms with Crippen LogP contribution in [0, 0.1) is 20.2 Å². The molecule has 0 aromatic heterocycles. The van der Waals surface area contributed by atoms with E-state index in [0.717, 1.165) is 0 Å². The molecule has 0 unspecified atom stereocenters. The number of rotatable bonds is 18. The SMILES string of the molecule is O=C(NCCCOCCOCCOCCCNC(=O)Nc1ccccc1[N+](=O)[O-])Nc1ccccc1[N+](=O)[O-]. The second-order valence-electron chi connectivity index (χ2n) is 7.85. The highest BCUT2D eigenvalue weighted by atomic mass is 16.6. The molecule has 0 bridgehead atoms. The standard InChI is InChI=1S/C24H32N6O9/c31-23(27-19-7-1-3-9-21(19)29(33)34)25-11-5-13-37-15-17-39-18-16-38-14-6-12-26-24(32)28-20-8-2-4-10-22(20)30(35)36/h1-4,7-10H,5-6,11-18H2,(H2,25,27,31)(H2,26,28,32). The van der Waals surface area contributed by atoms with Crippen molar-refractivity contribution in [1.82, 2.24) is 10.6 Å². The molecule has 0 heterocycles. The fraction of sp³-hybridized carbons (Fsp3) is 0.417. The van der Waals surface area contributed by atoms with E-state index in [1.807, 2.05) is 0 Å². The number of urea groups is 2. The lowest BCUT2D eigenvalue weighted by Crippen LogP contribution is -2.30. The Bertz CT molecular complexity index is 1000. The fourth-order valence-electron chi connectivity index (χ4n) is 3.10. The molecule has 212 valence electrons. The van der Waals surface area contributed by atoms with E-state index < -0.39 is 21.9 Å². The molecular formula is C24H32N6O9. The van der Waals surface area contributed by atoms with Crippen molar-refractivity contribution >= 4 is 34.8 Å². The van der Waals surface area contributed by atoms with Crippen LogP contribution in [0.2, 0.25) is 0 Å². The third kappa shape index (κ3) is 12.6. The summed E-state index contributed by atoms with van der Waals surface area (Å²) in [6, 6.07) is 10.7. The number of nitrogens with zero attached hydrogens (tertiary/aromatic N) is 2. The smallest absolute Gasteiger partial charge is 0.319 e. The molecular weight excluding hydrogens is 516 g/mol. The number of amides is 4. The molecule has 2 rings (SSSR count). The highest BCUT2D eigenvalue weighted by Crippen LogP contribution is 2.23. The predicted molar refractivity (Wildman–Crippen MR) is 142 cm³/mol. The van der Waals surface area contributed by atoms with Gasteiger partial charge in [0.05, 0.1) is 36.3 Å². The second-order valence-corrected chi connectivity index (χ2v) is 7.85. The fourth-order valence-corrected chi connectivity index (χ4v) is 3.10. The first-order valence-electron chi connectivity index (χ1n) is 12.2. The number of ether oxygens (including phenoxy) is 3. The summed E-state index contributed by atoms with van der Waals surface area (Å²) < 4.78 is 16.2. The summed E-state index contributed by atoms with van der Waals surface area (Å²) in [6.07, 6.45) is 1.11. The van der Waals surface area contributed by atoms with Gasteiger partial charge in [0.1, 0.15) is 11.4 Å². The van der Waals surface area contributed by atoms with E-state index in [4.69, 9.17) is 14.2 Å². The Balaban J connectivity index is 1.37. The molecule has 2 aromatic carbocycles. The zero-order chi connectivity index (χ0) is 28.3. The van der Waals surface area contributed by atoms with Crippen molar-refractivity contribution in [2.45, 2.75) is 12.8 Å². The number of hydrogen-bond acceptors (Lipinski definition) is 9. The minimum Gasteiger partial charge on any atom is -0.379 e. The number of carbonyl (C=O) groups excluding carboxylic acids is 2. The number of nitro benzene ring substituents is 2. The molecule has 0 atom stereocenters. The van der Waals surface area contributed by atoms with Crippen molar-refractivity contribution in [2.75, 3.05) is 63.4 Å². The van der Waals surface area contributed by atoms with Crippen LogP contribution in [0.25, 0.3) is 0 Å². The summed E-state index contributed by atoms with van der Waals surface area (Å²) in [6.45, 7) is 2.99. The summed E-state index contributed by atoms with van der Waals surface area (Å²) in [5, 5.41) is 32.0. The van der Waals surface area contributed by atoms with Crippen LogP contribution in [0.3, 0.4) is 0 Å². The molecule has 0 radical (unpaired) electrons. The number of para-hydroxylation sites is 4. The minimum atomic E-state index is -0.564. The highest BCUT2D eigenvalue weighted by Gasteiger charge is 2.15. The molecule has 39 heavy (non-hydrogen) atoms. The minimum absolute atomic E-state index is 0.121. The van der Waals surface area contributed by atoms with Crippen LogP contribution >= 0.6 is 0 Å². The van der Waals surface area contributed by atoms with Gasteiger partial charge in [-0.1, -0.05) is 24.3 Å². The van der Waals surface area contributed by atoms with Crippen LogP contribution in [0.4, 0.5) is 32.3 Å². The number of nitrogens with one attached hydrogen (secondary N) is 4. The predicted octanol–water partition coefficient (Wildman–Crippen LogP) is 3.28. The number of hydrogen-bond donors (Lipinski definition) is 4. The van der Waals surface area contributed by atoms with E-state index in [1.54, 1.807) is 12.1 Å². The molecule has 0 aliphatic rings. The van der Waals surface area contributed by atoms with Crippen molar-refractivity contribution in [1.29, 1.82) is 0 Å². The van der Waals surface area contributed by atoms with Crippen LogP contribution < -0.4 is 21.3 Å². The third-order valence-electron chi connectivity index (χ3n) is 4.94. The summed E-state index contributed by atoms with van der Waals surface area (Å²) in [4.78, 5) is 44.5. The summed E-state index contributed by atoms with van der Waals surface area (Å²) in [7, 11) is 0. The molecule has 0 saturated carbocycles. The van der Waals surface area contributed by atoms with Gasteiger partial charge in [0.2, 0.25) is 0 Å². The molecule has 0 aliphatic carbocycles. The number of carbonyl (C=O) groups is 2. The maximum absolute atomic E-state index is 11.9. The van der Waals surface area contributed by atoms with Gasteiger partial charge >= 0.3 is 12.1 Å². The summed E-state index contributed by atoms with van der Waals surface area (Å²) >= 11 is 0. The Labute approximate surface area is 224 Å². The zero-order valence-electron chi connectivity index (χ0n) is 21.3. The van der Waals surface area contributed by atoms with E-state index in [1.165, 1.54) is 36.4 Å². The van der Waals surface area contributed by atoms with E-state index >= 15 is 0 Å². The largest absolute Gasteiger partial charge is 0.379 e. The first-order valence-corrected chi connectivity index (χ1v) is 12.2. The molecule has 15 nitrogen and oxygen atoms in total. The summed E-state index contributed by atoms with van der Waals surface area (Å²) in [5.41, 5.74) is -0.122. The monoisotopic (exact) mass is 548 g/mol. The van der Waals surface area contributed by atoms with Gasteiger partial charge in [-0.15, -0.1) is 0 Å². The van der Waals surface area contributed by atoms with E-state index in [-0.39, 0.29) is 22.7 Å². The van der Waals surface area contributed by atoms with E-state index in [2.05, 4.69) is 21.3 Å². The van der Waals surface area contributed by atoms with Crippen molar-refractivity contribution in [2.24, 2.45) is 0 Å². The normalized spacial score (nSPS) is 10.5. The molecule has 2 aromatic rings. The number of benzene rings is 2. The molecule has 4 N–H and O–H groups in total. The van der Waals surface area contributed by atoms with Crippen molar-refractivity contribution in [3.63, 3.8) is 0 Å². The van der Waals surface area contributed by atoms with Gasteiger partial charge in [-0.05, 0) is 25.0 Å². The van der Waals surface area contributed by atoms with Crippen molar-refractivity contribution in [3.05, 3.63) is 68.8 Å². The average molecular weight is 549 g/mol. The van der Waals surface area contributed by atoms with E-state index in [0.29, 0.717) is 65.6 Å². The number of nitro groups is 2. The highest BCUT2D eigenvalue weighted by molar-refractivity contribution is 5.92. The van der Waals surface area contributed by atoms with Crippen LogP contribution in [0.1, 0.15) is 12.8 Å². The first kappa shape index (κ1) is 30.9. The lowest BCUT2D eigenvalue weighted by molar-refractivity contribution is -0.384. The van der Waals surface area contributed by atoms with Crippen LogP contribution in [0.5, 0.6) is 0 Å². The molecule has 0 fully saturated rings. The van der Waals surface area contributed by atoms with Gasteiger partial charge in [-0.3, -0.25) is 20.2 Å². The van der Waals surface area contributed by atoms with Crippen LogP contribution in [0.15, 0.2) is 48.5 Å². The average Bonchev–Trinajstić information content (AvgIpc) is 2.91. The third-order valence-corrected chi connectivity index (χ3v) is 4.94. The Morgan fingerprint density at radius 3 is 1.36 bits per heavy atom. The van der Waals surface area contributed by atoms with Crippen molar-refractivity contribution < 1.29 is 33.6 Å². The topological polar surface area (TPSA) is 196 Å². The Hall–Kier alpha value is -4.34. The summed E-state index contributed by atoms with van der Waals surface area (Å²) in [5.74, 6) is 0. The maximum atomic E-state index is 11.9.